The van der Waals surface area contributed by atoms with Gasteiger partial charge >= 0.3 is 5.97 Å². The van der Waals surface area contributed by atoms with E-state index < -0.39 is 11.8 Å². The number of rotatable bonds is 2. The normalized spacial score (nSPS) is 11.1. The quantitative estimate of drug-likeness (QED) is 0.479. The van der Waals surface area contributed by atoms with Crippen LogP contribution in [-0.2, 0) is 14.9 Å². The maximum absolute atomic E-state index is 11.7. The fraction of sp³-hybridized carbons (Fsp3) is 0.385. The van der Waals surface area contributed by atoms with Crippen molar-refractivity contribution in [3.63, 3.8) is 0 Å². The van der Waals surface area contributed by atoms with Crippen LogP contribution in [0.3, 0.4) is 0 Å². The van der Waals surface area contributed by atoms with E-state index in [-0.39, 0.29) is 5.41 Å². The molecule has 0 fully saturated rings. The summed E-state index contributed by atoms with van der Waals surface area (Å²) in [4.78, 5) is 22.8. The molecule has 4 heteroatoms. The third kappa shape index (κ3) is 3.16. The number of benzene rings is 1. The van der Waals surface area contributed by atoms with Crippen LogP contribution >= 0.6 is 15.9 Å². The van der Waals surface area contributed by atoms with Crippen LogP contribution in [0.2, 0.25) is 0 Å². The van der Waals surface area contributed by atoms with E-state index in [0.717, 1.165) is 5.56 Å². The van der Waals surface area contributed by atoms with Gasteiger partial charge in [-0.05, 0) is 23.1 Å². The molecule has 0 unspecified atom stereocenters. The number of hydrogen-bond donors (Lipinski definition) is 0. The summed E-state index contributed by atoms with van der Waals surface area (Å²) in [5, 5.41) is 0. The third-order valence-corrected chi connectivity index (χ3v) is 3.11. The third-order valence-electron chi connectivity index (χ3n) is 2.45. The van der Waals surface area contributed by atoms with Crippen LogP contribution in [-0.4, -0.2) is 18.9 Å². The van der Waals surface area contributed by atoms with Gasteiger partial charge in [-0.25, -0.2) is 4.79 Å². The van der Waals surface area contributed by atoms with Crippen molar-refractivity contribution in [2.24, 2.45) is 0 Å². The SMILES string of the molecule is COC(=O)C(=O)c1ccc(C(C)(C)C)cc1Br. The molecule has 0 aromatic heterocycles. The van der Waals surface area contributed by atoms with Crippen LogP contribution in [0.4, 0.5) is 0 Å². The van der Waals surface area contributed by atoms with Gasteiger partial charge in [0.15, 0.2) is 0 Å². The zero-order chi connectivity index (χ0) is 13.2. The van der Waals surface area contributed by atoms with Crippen molar-refractivity contribution in [2.75, 3.05) is 7.11 Å². The Kier molecular flexibility index (Phi) is 4.09. The fourth-order valence-electron chi connectivity index (χ4n) is 1.37. The number of halogens is 1. The second-order valence-corrected chi connectivity index (χ2v) is 5.62. The summed E-state index contributed by atoms with van der Waals surface area (Å²) in [5.74, 6) is -1.49. The van der Waals surface area contributed by atoms with Crippen molar-refractivity contribution in [1.82, 2.24) is 0 Å². The lowest BCUT2D eigenvalue weighted by atomic mass is 9.86. The zero-order valence-corrected chi connectivity index (χ0v) is 11.9. The van der Waals surface area contributed by atoms with Crippen molar-refractivity contribution >= 4 is 27.7 Å². The Morgan fingerprint density at radius 3 is 2.24 bits per heavy atom. The Morgan fingerprint density at radius 1 is 1.24 bits per heavy atom. The molecule has 0 amide bonds. The lowest BCUT2D eigenvalue weighted by Gasteiger charge is -2.19. The monoisotopic (exact) mass is 298 g/mol. The number of ketones is 1. The number of hydrogen-bond acceptors (Lipinski definition) is 3. The number of methoxy groups -OCH3 is 1. The molecule has 92 valence electrons. The van der Waals surface area contributed by atoms with E-state index in [1.165, 1.54) is 7.11 Å². The summed E-state index contributed by atoms with van der Waals surface area (Å²) >= 11 is 3.31. The van der Waals surface area contributed by atoms with Gasteiger partial charge in [-0.15, -0.1) is 0 Å². The van der Waals surface area contributed by atoms with Gasteiger partial charge in [0.05, 0.1) is 7.11 Å². The van der Waals surface area contributed by atoms with Gasteiger partial charge in [0.25, 0.3) is 5.78 Å². The molecule has 17 heavy (non-hydrogen) atoms. The second-order valence-electron chi connectivity index (χ2n) is 4.77. The molecule has 0 radical (unpaired) electrons. The van der Waals surface area contributed by atoms with Crippen molar-refractivity contribution in [3.05, 3.63) is 33.8 Å². The Balaban J connectivity index is 3.15. The maximum atomic E-state index is 11.7. The van der Waals surface area contributed by atoms with E-state index in [1.807, 2.05) is 12.1 Å². The van der Waals surface area contributed by atoms with Crippen LogP contribution in [0.15, 0.2) is 22.7 Å². The molecule has 0 heterocycles. The van der Waals surface area contributed by atoms with Gasteiger partial charge < -0.3 is 4.74 Å². The van der Waals surface area contributed by atoms with Gasteiger partial charge in [-0.1, -0.05) is 42.8 Å². The molecule has 0 N–H and O–H groups in total. The summed E-state index contributed by atoms with van der Waals surface area (Å²) in [5.41, 5.74) is 1.41. The predicted molar refractivity (Wildman–Crippen MR) is 69.2 cm³/mol. The molecular formula is C13H15BrO3. The number of carbonyl (C=O) groups is 2. The first-order chi connectivity index (χ1) is 7.77. The van der Waals surface area contributed by atoms with Gasteiger partial charge in [-0.3, -0.25) is 4.79 Å². The predicted octanol–water partition coefficient (Wildman–Crippen LogP) is 3.10. The number of carbonyl (C=O) groups excluding carboxylic acids is 2. The molecule has 0 atom stereocenters. The standard InChI is InChI=1S/C13H15BrO3/c1-13(2,3)8-5-6-9(10(14)7-8)11(15)12(16)17-4/h5-7H,1-4H3. The molecule has 3 nitrogen and oxygen atoms in total. The first-order valence-electron chi connectivity index (χ1n) is 5.20. The number of ether oxygens (including phenoxy) is 1. The minimum Gasteiger partial charge on any atom is -0.463 e. The minimum atomic E-state index is -0.853. The molecular weight excluding hydrogens is 284 g/mol. The Morgan fingerprint density at radius 2 is 1.82 bits per heavy atom. The highest BCUT2D eigenvalue weighted by atomic mass is 79.9. The molecule has 0 aliphatic carbocycles. The molecule has 1 aromatic carbocycles. The van der Waals surface area contributed by atoms with Crippen molar-refractivity contribution < 1.29 is 14.3 Å². The number of esters is 1. The largest absolute Gasteiger partial charge is 0.463 e. The lowest BCUT2D eigenvalue weighted by Crippen LogP contribution is -2.17. The van der Waals surface area contributed by atoms with Gasteiger partial charge in [0.2, 0.25) is 0 Å². The van der Waals surface area contributed by atoms with Crippen molar-refractivity contribution in [1.29, 1.82) is 0 Å². The molecule has 0 saturated heterocycles. The van der Waals surface area contributed by atoms with E-state index in [9.17, 15) is 9.59 Å². The zero-order valence-electron chi connectivity index (χ0n) is 10.3. The maximum Gasteiger partial charge on any atom is 0.379 e. The van der Waals surface area contributed by atoms with Gasteiger partial charge in [-0.2, -0.15) is 0 Å². The Bertz CT molecular complexity index is 458. The van der Waals surface area contributed by atoms with Gasteiger partial charge in [0, 0.05) is 10.0 Å². The highest BCUT2D eigenvalue weighted by molar-refractivity contribution is 9.10. The summed E-state index contributed by atoms with van der Waals surface area (Å²) in [6.07, 6.45) is 0. The van der Waals surface area contributed by atoms with Gasteiger partial charge in [0.1, 0.15) is 0 Å². The molecule has 1 aromatic rings. The summed E-state index contributed by atoms with van der Waals surface area (Å²) in [7, 11) is 1.19. The molecule has 0 spiro atoms. The van der Waals surface area contributed by atoms with Crippen LogP contribution < -0.4 is 0 Å². The molecule has 1 rings (SSSR count). The Labute approximate surface area is 109 Å². The highest BCUT2D eigenvalue weighted by Crippen LogP contribution is 2.27. The lowest BCUT2D eigenvalue weighted by molar-refractivity contribution is -0.135. The molecule has 0 bridgehead atoms. The smallest absolute Gasteiger partial charge is 0.379 e. The van der Waals surface area contributed by atoms with E-state index in [0.29, 0.717) is 10.0 Å². The summed E-state index contributed by atoms with van der Waals surface area (Å²) < 4.78 is 5.02. The minimum absolute atomic E-state index is 0.00460. The Hall–Kier alpha value is -1.16. The topological polar surface area (TPSA) is 43.4 Å². The summed E-state index contributed by atoms with van der Waals surface area (Å²) in [6, 6.07) is 5.35. The van der Waals surface area contributed by atoms with Crippen molar-refractivity contribution in [2.45, 2.75) is 26.2 Å². The highest BCUT2D eigenvalue weighted by Gasteiger charge is 2.21. The first kappa shape index (κ1) is 13.9. The first-order valence-corrected chi connectivity index (χ1v) is 5.99. The summed E-state index contributed by atoms with van der Waals surface area (Å²) in [6.45, 7) is 6.24. The number of Topliss-reactive ketones (excluding diaryl/α,β-unsaturated/α-hetero) is 1. The van der Waals surface area contributed by atoms with E-state index in [1.54, 1.807) is 6.07 Å². The van der Waals surface area contributed by atoms with Crippen LogP contribution in [0.5, 0.6) is 0 Å². The second kappa shape index (κ2) is 5.00. The fourth-order valence-corrected chi connectivity index (χ4v) is 1.93. The molecule has 0 aliphatic rings. The average molecular weight is 299 g/mol. The van der Waals surface area contributed by atoms with Crippen molar-refractivity contribution in [3.8, 4) is 0 Å². The van der Waals surface area contributed by atoms with Crippen LogP contribution in [0.1, 0.15) is 36.7 Å². The van der Waals surface area contributed by atoms with E-state index >= 15 is 0 Å². The van der Waals surface area contributed by atoms with E-state index in [2.05, 4.69) is 41.4 Å². The average Bonchev–Trinajstić information content (AvgIpc) is 2.25. The van der Waals surface area contributed by atoms with Crippen LogP contribution in [0, 0.1) is 0 Å². The molecule has 0 saturated carbocycles. The molecule has 0 aliphatic heterocycles. The van der Waals surface area contributed by atoms with Crippen LogP contribution in [0.25, 0.3) is 0 Å². The van der Waals surface area contributed by atoms with E-state index in [4.69, 9.17) is 0 Å².